The maximum atomic E-state index is 13.0. The first-order valence-electron chi connectivity index (χ1n) is 14.7. The van der Waals surface area contributed by atoms with Crippen molar-refractivity contribution in [2.75, 3.05) is 11.9 Å². The lowest BCUT2D eigenvalue weighted by Gasteiger charge is -2.20. The second-order valence-electron chi connectivity index (χ2n) is 11.0. The molecule has 1 heterocycles. The Kier molecular flexibility index (Phi) is 8.09. The van der Waals surface area contributed by atoms with Gasteiger partial charge in [0.1, 0.15) is 5.75 Å². The van der Waals surface area contributed by atoms with E-state index in [-0.39, 0.29) is 18.9 Å². The topological polar surface area (TPSA) is 80.6 Å². The Balaban J connectivity index is 1.25. The van der Waals surface area contributed by atoms with Gasteiger partial charge in [0.15, 0.2) is 0 Å². The number of carboxylic acids is 1. The molecule has 1 unspecified atom stereocenters. The van der Waals surface area contributed by atoms with Crippen LogP contribution in [0.1, 0.15) is 42.9 Å². The van der Waals surface area contributed by atoms with Crippen LogP contribution in [0.3, 0.4) is 0 Å². The Hall–Kier alpha value is -5.10. The van der Waals surface area contributed by atoms with Gasteiger partial charge in [0.05, 0.1) is 23.5 Å². The van der Waals surface area contributed by atoms with Gasteiger partial charge in [0.2, 0.25) is 5.91 Å². The van der Waals surface area contributed by atoms with Gasteiger partial charge in [-0.1, -0.05) is 66.8 Å². The number of carbonyl (C=O) groups is 2. The van der Waals surface area contributed by atoms with Crippen LogP contribution in [-0.2, 0) is 16.0 Å². The number of para-hydroxylation sites is 2. The van der Waals surface area contributed by atoms with Crippen molar-refractivity contribution in [3.63, 3.8) is 0 Å². The van der Waals surface area contributed by atoms with Gasteiger partial charge in [-0.15, -0.1) is 0 Å². The molecule has 2 N–H and O–H groups in total. The van der Waals surface area contributed by atoms with Crippen molar-refractivity contribution < 1.29 is 19.4 Å². The van der Waals surface area contributed by atoms with E-state index in [0.29, 0.717) is 23.8 Å². The number of aryl methyl sites for hydroxylation is 1. The van der Waals surface area contributed by atoms with Gasteiger partial charge < -0.3 is 19.7 Å². The van der Waals surface area contributed by atoms with Crippen molar-refractivity contribution in [1.82, 2.24) is 4.57 Å². The van der Waals surface area contributed by atoms with Crippen LogP contribution < -0.4 is 10.1 Å². The molecule has 1 aromatic heterocycles. The van der Waals surface area contributed by atoms with Crippen molar-refractivity contribution in [2.45, 2.75) is 32.6 Å². The van der Waals surface area contributed by atoms with E-state index in [1.165, 1.54) is 22.4 Å². The maximum Gasteiger partial charge on any atom is 0.303 e. The highest BCUT2D eigenvalue weighted by molar-refractivity contribution is 6.05. The van der Waals surface area contributed by atoms with Gasteiger partial charge in [-0.05, 0) is 78.8 Å². The fraction of sp³-hybridized carbons (Fsp3) is 0.189. The second-order valence-corrected chi connectivity index (χ2v) is 11.0. The van der Waals surface area contributed by atoms with Crippen LogP contribution in [0.25, 0.3) is 22.2 Å². The van der Waals surface area contributed by atoms with E-state index in [4.69, 9.17) is 9.84 Å². The SMILES string of the molecule is C/C(=C\C(=O)Nc1ccccc1OCCCC(=O)O)c1ccc2c(ccn2C2=C3C=CC=CC3CCc3ccccc32)c1. The average Bonchev–Trinajstić information content (AvgIpc) is 3.35. The summed E-state index contributed by atoms with van der Waals surface area (Å²) in [7, 11) is 0. The molecule has 1 amide bonds. The summed E-state index contributed by atoms with van der Waals surface area (Å²) in [6.45, 7) is 2.19. The first-order chi connectivity index (χ1) is 21.0. The van der Waals surface area contributed by atoms with Gasteiger partial charge in [0.25, 0.3) is 0 Å². The van der Waals surface area contributed by atoms with E-state index < -0.39 is 5.97 Å². The molecule has 216 valence electrons. The summed E-state index contributed by atoms with van der Waals surface area (Å²) < 4.78 is 8.04. The molecular formula is C37H34N2O4. The molecule has 0 radical (unpaired) electrons. The van der Waals surface area contributed by atoms with E-state index in [2.05, 4.69) is 88.9 Å². The summed E-state index contributed by atoms with van der Waals surface area (Å²) in [4.78, 5) is 23.8. The zero-order chi connectivity index (χ0) is 29.8. The average molecular weight is 571 g/mol. The molecule has 6 heteroatoms. The number of nitrogens with zero attached hydrogens (tertiary/aromatic N) is 1. The van der Waals surface area contributed by atoms with Gasteiger partial charge in [-0.2, -0.15) is 0 Å². The largest absolute Gasteiger partial charge is 0.491 e. The molecule has 0 aliphatic heterocycles. The quantitative estimate of drug-likeness (QED) is 0.158. The van der Waals surface area contributed by atoms with E-state index in [1.807, 2.05) is 19.1 Å². The van der Waals surface area contributed by atoms with Crippen LogP contribution in [-0.4, -0.2) is 28.2 Å². The van der Waals surface area contributed by atoms with Crippen molar-refractivity contribution >= 4 is 39.7 Å². The number of hydrogen-bond donors (Lipinski definition) is 2. The fourth-order valence-electron chi connectivity index (χ4n) is 5.93. The van der Waals surface area contributed by atoms with Gasteiger partial charge in [-0.25, -0.2) is 0 Å². The number of allylic oxidation sites excluding steroid dienone is 6. The molecule has 4 aromatic rings. The Labute approximate surface area is 251 Å². The summed E-state index contributed by atoms with van der Waals surface area (Å²) >= 11 is 0. The molecular weight excluding hydrogens is 536 g/mol. The van der Waals surface area contributed by atoms with Gasteiger partial charge in [0, 0.05) is 35.6 Å². The number of fused-ring (bicyclic) bond motifs is 3. The highest BCUT2D eigenvalue weighted by Gasteiger charge is 2.25. The third-order valence-corrected chi connectivity index (χ3v) is 8.07. The summed E-state index contributed by atoms with van der Waals surface area (Å²) in [6.07, 6.45) is 15.2. The standard InChI is InChI=1S/C37H34N2O4/c1-25(23-35(40)38-32-13-6-7-14-34(32)43-22-8-15-36(41)42)28-18-19-33-29(24-28)20-21-39(33)37-30-11-4-2-9-26(30)16-17-27-10-3-5-12-31(27)37/h2-7,9-14,18-21,23-24,26H,8,15-17,22H2,1H3,(H,38,40)(H,41,42)/b25-23+. The Bertz CT molecular complexity index is 1820. The van der Waals surface area contributed by atoms with E-state index in [9.17, 15) is 9.59 Å². The number of benzene rings is 3. The van der Waals surface area contributed by atoms with Crippen LogP contribution >= 0.6 is 0 Å². The van der Waals surface area contributed by atoms with Crippen molar-refractivity contribution in [3.05, 3.63) is 132 Å². The zero-order valence-corrected chi connectivity index (χ0v) is 24.1. The highest BCUT2D eigenvalue weighted by atomic mass is 16.5. The predicted molar refractivity (Wildman–Crippen MR) is 172 cm³/mol. The minimum absolute atomic E-state index is 0.0329. The molecule has 0 fully saturated rings. The Morgan fingerprint density at radius 1 is 1.05 bits per heavy atom. The van der Waals surface area contributed by atoms with Crippen molar-refractivity contribution in [3.8, 4) is 5.75 Å². The number of ether oxygens (including phenoxy) is 1. The monoisotopic (exact) mass is 570 g/mol. The molecule has 6 rings (SSSR count). The molecule has 0 saturated heterocycles. The van der Waals surface area contributed by atoms with Gasteiger partial charge in [-0.3, -0.25) is 9.59 Å². The first-order valence-corrected chi connectivity index (χ1v) is 14.7. The molecule has 0 saturated carbocycles. The number of aliphatic carboxylic acids is 1. The Morgan fingerprint density at radius 2 is 1.88 bits per heavy atom. The maximum absolute atomic E-state index is 13.0. The van der Waals surface area contributed by atoms with Crippen LogP contribution in [0.5, 0.6) is 5.75 Å². The van der Waals surface area contributed by atoms with E-state index in [0.717, 1.165) is 34.9 Å². The smallest absolute Gasteiger partial charge is 0.303 e. The lowest BCUT2D eigenvalue weighted by molar-refractivity contribution is -0.137. The number of carbonyl (C=O) groups excluding carboxylic acids is 1. The first kappa shape index (κ1) is 28.0. The zero-order valence-electron chi connectivity index (χ0n) is 24.1. The van der Waals surface area contributed by atoms with Gasteiger partial charge >= 0.3 is 5.97 Å². The molecule has 6 nitrogen and oxygen atoms in total. The van der Waals surface area contributed by atoms with Crippen molar-refractivity contribution in [1.29, 1.82) is 0 Å². The molecule has 0 bridgehead atoms. The van der Waals surface area contributed by atoms with Crippen molar-refractivity contribution in [2.24, 2.45) is 5.92 Å². The number of carboxylic acid groups (broad SMARTS) is 1. The number of anilines is 1. The van der Waals surface area contributed by atoms with Crippen LogP contribution in [0, 0.1) is 5.92 Å². The summed E-state index contributed by atoms with van der Waals surface area (Å²) in [5.41, 5.74) is 8.70. The fourth-order valence-corrected chi connectivity index (χ4v) is 5.93. The molecule has 3 aromatic carbocycles. The Morgan fingerprint density at radius 3 is 2.77 bits per heavy atom. The van der Waals surface area contributed by atoms with E-state index >= 15 is 0 Å². The van der Waals surface area contributed by atoms with Crippen LogP contribution in [0.4, 0.5) is 5.69 Å². The predicted octanol–water partition coefficient (Wildman–Crippen LogP) is 7.87. The number of nitrogens with one attached hydrogen (secondary N) is 1. The third kappa shape index (κ3) is 6.09. The minimum Gasteiger partial charge on any atom is -0.491 e. The molecule has 2 aliphatic rings. The normalized spacial score (nSPS) is 16.0. The lowest BCUT2D eigenvalue weighted by atomic mass is 9.90. The lowest BCUT2D eigenvalue weighted by Crippen LogP contribution is -2.11. The van der Waals surface area contributed by atoms with Crippen LogP contribution in [0.15, 0.2) is 115 Å². The third-order valence-electron chi connectivity index (χ3n) is 8.07. The molecule has 0 spiro atoms. The number of amides is 1. The summed E-state index contributed by atoms with van der Waals surface area (Å²) in [6, 6.07) is 24.4. The summed E-state index contributed by atoms with van der Waals surface area (Å²) in [5.74, 6) is -0.230. The number of rotatable bonds is 9. The number of aromatic nitrogens is 1. The van der Waals surface area contributed by atoms with Crippen LogP contribution in [0.2, 0.25) is 0 Å². The molecule has 2 aliphatic carbocycles. The highest BCUT2D eigenvalue weighted by Crippen LogP contribution is 2.39. The number of hydrogen-bond acceptors (Lipinski definition) is 3. The second kappa shape index (κ2) is 12.4. The molecule has 43 heavy (non-hydrogen) atoms. The summed E-state index contributed by atoms with van der Waals surface area (Å²) in [5, 5.41) is 12.9. The molecule has 1 atom stereocenters. The minimum atomic E-state index is -0.861. The van der Waals surface area contributed by atoms with E-state index in [1.54, 1.807) is 18.2 Å².